The number of amides is 1. The molecule has 2 aromatic carbocycles. The quantitative estimate of drug-likeness (QED) is 0.463. The molecule has 8 nitrogen and oxygen atoms in total. The molecule has 0 radical (unpaired) electrons. The fraction of sp³-hybridized carbons (Fsp3) is 0.105. The summed E-state index contributed by atoms with van der Waals surface area (Å²) in [5, 5.41) is 23.3. The number of nitrogens with one attached hydrogen (secondary N) is 1. The molecule has 4 aromatic rings. The minimum Gasteiger partial charge on any atom is -0.493 e. The predicted molar refractivity (Wildman–Crippen MR) is 108 cm³/mol. The molecule has 2 aromatic heterocycles. The number of halogens is 1. The first-order valence-corrected chi connectivity index (χ1v) is 9.25. The standard InChI is InChI=1S/C19H14BrN5O3/c1-2-25-19(28)12-6-4-3-5-11(12)16(24-25)18(27)23-22-15-13-9-10(20)7-8-14(13)21-17(15)26/h3-9,21,26H,2H2,1H3. The van der Waals surface area contributed by atoms with E-state index >= 15 is 0 Å². The van der Waals surface area contributed by atoms with Crippen LogP contribution in [0.2, 0.25) is 0 Å². The molecule has 0 fully saturated rings. The summed E-state index contributed by atoms with van der Waals surface area (Å²) in [6.45, 7) is 2.08. The number of aromatic amines is 1. The van der Waals surface area contributed by atoms with E-state index in [0.717, 1.165) is 4.47 Å². The van der Waals surface area contributed by atoms with Crippen LogP contribution in [0.25, 0.3) is 21.7 Å². The highest BCUT2D eigenvalue weighted by Crippen LogP contribution is 2.36. The smallest absolute Gasteiger partial charge is 0.316 e. The van der Waals surface area contributed by atoms with Gasteiger partial charge in [-0.05, 0) is 31.2 Å². The van der Waals surface area contributed by atoms with Crippen molar-refractivity contribution < 1.29 is 9.90 Å². The van der Waals surface area contributed by atoms with Gasteiger partial charge in [0.05, 0.1) is 10.9 Å². The SMILES string of the molecule is CCn1nc(C(=O)N=Nc2c(O)[nH]c3ccc(Br)cc23)c2ccccc2c1=O. The van der Waals surface area contributed by atoms with Crippen LogP contribution >= 0.6 is 15.9 Å². The number of aromatic hydroxyl groups is 1. The summed E-state index contributed by atoms with van der Waals surface area (Å²) in [6.07, 6.45) is 0. The summed E-state index contributed by atoms with van der Waals surface area (Å²) < 4.78 is 2.01. The van der Waals surface area contributed by atoms with Crippen molar-refractivity contribution in [3.63, 3.8) is 0 Å². The number of rotatable bonds is 3. The molecule has 0 aliphatic carbocycles. The number of benzene rings is 2. The maximum Gasteiger partial charge on any atom is 0.316 e. The Morgan fingerprint density at radius 1 is 1.21 bits per heavy atom. The van der Waals surface area contributed by atoms with Gasteiger partial charge in [0.2, 0.25) is 5.88 Å². The summed E-state index contributed by atoms with van der Waals surface area (Å²) in [4.78, 5) is 27.9. The molecule has 0 saturated carbocycles. The van der Waals surface area contributed by atoms with E-state index in [1.807, 2.05) is 6.07 Å². The zero-order valence-electron chi connectivity index (χ0n) is 14.7. The molecule has 9 heteroatoms. The van der Waals surface area contributed by atoms with Crippen molar-refractivity contribution in [2.75, 3.05) is 0 Å². The number of hydrogen-bond donors (Lipinski definition) is 2. The van der Waals surface area contributed by atoms with Crippen LogP contribution in [0.1, 0.15) is 17.4 Å². The Kier molecular flexibility index (Phi) is 4.52. The summed E-state index contributed by atoms with van der Waals surface area (Å²) in [5.74, 6) is -0.900. The van der Waals surface area contributed by atoms with Gasteiger partial charge >= 0.3 is 5.91 Å². The van der Waals surface area contributed by atoms with E-state index < -0.39 is 5.91 Å². The lowest BCUT2D eigenvalue weighted by Gasteiger charge is -2.06. The van der Waals surface area contributed by atoms with Gasteiger partial charge in [-0.3, -0.25) is 9.59 Å². The van der Waals surface area contributed by atoms with Crippen LogP contribution in [0.4, 0.5) is 5.69 Å². The highest BCUT2D eigenvalue weighted by atomic mass is 79.9. The zero-order valence-corrected chi connectivity index (χ0v) is 16.3. The van der Waals surface area contributed by atoms with Gasteiger partial charge in [0, 0.05) is 21.8 Å². The average molecular weight is 440 g/mol. The zero-order chi connectivity index (χ0) is 19.8. The Balaban J connectivity index is 1.82. The van der Waals surface area contributed by atoms with Crippen molar-refractivity contribution in [1.82, 2.24) is 14.8 Å². The number of carbonyl (C=O) groups is 1. The molecule has 0 atom stereocenters. The third-order valence-electron chi connectivity index (χ3n) is 4.32. The predicted octanol–water partition coefficient (Wildman–Crippen LogP) is 4.29. The molecule has 140 valence electrons. The van der Waals surface area contributed by atoms with Gasteiger partial charge in [-0.2, -0.15) is 5.10 Å². The van der Waals surface area contributed by atoms with E-state index in [0.29, 0.717) is 28.2 Å². The Hall–Kier alpha value is -3.33. The lowest BCUT2D eigenvalue weighted by molar-refractivity contribution is 0.0990. The lowest BCUT2D eigenvalue weighted by atomic mass is 10.1. The fourth-order valence-electron chi connectivity index (χ4n) is 2.99. The number of H-pyrrole nitrogens is 1. The van der Waals surface area contributed by atoms with Crippen LogP contribution in [0, 0.1) is 0 Å². The number of azo groups is 1. The van der Waals surface area contributed by atoms with Crippen molar-refractivity contribution in [2.24, 2.45) is 10.2 Å². The van der Waals surface area contributed by atoms with Crippen LogP contribution in [-0.4, -0.2) is 25.8 Å². The highest BCUT2D eigenvalue weighted by molar-refractivity contribution is 9.10. The monoisotopic (exact) mass is 439 g/mol. The van der Waals surface area contributed by atoms with Gasteiger partial charge in [0.1, 0.15) is 0 Å². The number of aryl methyl sites for hydroxylation is 1. The molecule has 0 aliphatic rings. The molecule has 1 amide bonds. The average Bonchev–Trinajstić information content (AvgIpc) is 3.01. The van der Waals surface area contributed by atoms with Gasteiger partial charge in [0.15, 0.2) is 11.4 Å². The third kappa shape index (κ3) is 2.99. The van der Waals surface area contributed by atoms with Crippen LogP contribution in [0.3, 0.4) is 0 Å². The second-order valence-corrected chi connectivity index (χ2v) is 6.95. The number of carbonyl (C=O) groups excluding carboxylic acids is 1. The maximum atomic E-state index is 12.7. The van der Waals surface area contributed by atoms with Gasteiger partial charge in [-0.15, -0.1) is 10.2 Å². The van der Waals surface area contributed by atoms with Gasteiger partial charge < -0.3 is 10.1 Å². The molecule has 0 saturated heterocycles. The van der Waals surface area contributed by atoms with E-state index in [9.17, 15) is 14.7 Å². The number of aromatic nitrogens is 3. The van der Waals surface area contributed by atoms with Crippen molar-refractivity contribution in [3.8, 4) is 5.88 Å². The lowest BCUT2D eigenvalue weighted by Crippen LogP contribution is -2.24. The van der Waals surface area contributed by atoms with Crippen molar-refractivity contribution in [2.45, 2.75) is 13.5 Å². The topological polar surface area (TPSA) is 113 Å². The van der Waals surface area contributed by atoms with Gasteiger partial charge in [0.25, 0.3) is 5.56 Å². The third-order valence-corrected chi connectivity index (χ3v) is 4.82. The Bertz CT molecular complexity index is 1320. The molecule has 2 N–H and O–H groups in total. The number of hydrogen-bond acceptors (Lipinski definition) is 5. The fourth-order valence-corrected chi connectivity index (χ4v) is 3.35. The molecule has 0 bridgehead atoms. The maximum absolute atomic E-state index is 12.7. The first-order valence-electron chi connectivity index (χ1n) is 8.45. The normalized spacial score (nSPS) is 11.6. The van der Waals surface area contributed by atoms with Crippen LogP contribution < -0.4 is 5.56 Å². The van der Waals surface area contributed by atoms with Crippen molar-refractivity contribution >= 4 is 49.2 Å². The Morgan fingerprint density at radius 3 is 2.71 bits per heavy atom. The van der Waals surface area contributed by atoms with Crippen LogP contribution in [-0.2, 0) is 6.54 Å². The second kappa shape index (κ2) is 7.01. The molecule has 2 heterocycles. The van der Waals surface area contributed by atoms with Gasteiger partial charge in [-0.1, -0.05) is 34.1 Å². The highest BCUT2D eigenvalue weighted by Gasteiger charge is 2.17. The van der Waals surface area contributed by atoms with E-state index in [-0.39, 0.29) is 22.8 Å². The summed E-state index contributed by atoms with van der Waals surface area (Å²) >= 11 is 3.37. The van der Waals surface area contributed by atoms with E-state index in [1.54, 1.807) is 43.3 Å². The molecule has 28 heavy (non-hydrogen) atoms. The first-order chi connectivity index (χ1) is 13.5. The number of nitrogens with zero attached hydrogens (tertiary/aromatic N) is 4. The molecule has 0 unspecified atom stereocenters. The summed E-state index contributed by atoms with van der Waals surface area (Å²) in [7, 11) is 0. The van der Waals surface area contributed by atoms with Crippen molar-refractivity contribution in [1.29, 1.82) is 0 Å². The first kappa shape index (κ1) is 18.1. The minimum atomic E-state index is -0.706. The Labute approximate surface area is 166 Å². The number of fused-ring (bicyclic) bond motifs is 2. The van der Waals surface area contributed by atoms with Crippen molar-refractivity contribution in [3.05, 3.63) is 63.0 Å². The van der Waals surface area contributed by atoms with Gasteiger partial charge in [-0.25, -0.2) is 4.68 Å². The summed E-state index contributed by atoms with van der Waals surface area (Å²) in [5.41, 5.74) is 0.565. The van der Waals surface area contributed by atoms with E-state index in [2.05, 4.69) is 36.2 Å². The molecule has 0 spiro atoms. The second-order valence-electron chi connectivity index (χ2n) is 6.03. The molecular weight excluding hydrogens is 426 g/mol. The largest absolute Gasteiger partial charge is 0.493 e. The Morgan fingerprint density at radius 2 is 1.96 bits per heavy atom. The van der Waals surface area contributed by atoms with E-state index in [4.69, 9.17) is 0 Å². The van der Waals surface area contributed by atoms with E-state index in [1.165, 1.54) is 4.68 Å². The van der Waals surface area contributed by atoms with Crippen LogP contribution in [0.5, 0.6) is 5.88 Å². The van der Waals surface area contributed by atoms with Crippen LogP contribution in [0.15, 0.2) is 62.0 Å². The molecule has 4 rings (SSSR count). The molecule has 0 aliphatic heterocycles. The summed E-state index contributed by atoms with van der Waals surface area (Å²) in [6, 6.07) is 12.1. The minimum absolute atomic E-state index is 0.0290. The molecular formula is C19H14BrN5O3.